The van der Waals surface area contributed by atoms with Gasteiger partial charge in [-0.2, -0.15) is 0 Å². The molecule has 1 heterocycles. The largest absolute Gasteiger partial charge is 0.391 e. The summed E-state index contributed by atoms with van der Waals surface area (Å²) in [7, 11) is 0. The van der Waals surface area contributed by atoms with Crippen molar-refractivity contribution in [2.45, 2.75) is 64.3 Å². The highest BCUT2D eigenvalue weighted by Gasteiger charge is 2.30. The Hall–Kier alpha value is -0.380. The van der Waals surface area contributed by atoms with Gasteiger partial charge in [-0.05, 0) is 38.1 Å². The first-order chi connectivity index (χ1) is 8.18. The minimum absolute atomic E-state index is 0.133. The van der Waals surface area contributed by atoms with Gasteiger partial charge >= 0.3 is 0 Å². The van der Waals surface area contributed by atoms with Crippen LogP contribution in [0.1, 0.15) is 44.4 Å². The van der Waals surface area contributed by atoms with Crippen LogP contribution in [0.15, 0.2) is 17.5 Å². The first-order valence-corrected chi connectivity index (χ1v) is 7.52. The maximum atomic E-state index is 10.2. The quantitative estimate of drug-likeness (QED) is 0.890. The van der Waals surface area contributed by atoms with Gasteiger partial charge in [0.15, 0.2) is 0 Å². The van der Waals surface area contributed by atoms with Gasteiger partial charge < -0.3 is 5.11 Å². The molecule has 0 bridgehead atoms. The van der Waals surface area contributed by atoms with E-state index in [0.29, 0.717) is 12.1 Å². The van der Waals surface area contributed by atoms with Crippen LogP contribution in [-0.2, 0) is 6.54 Å². The van der Waals surface area contributed by atoms with Crippen molar-refractivity contribution in [3.63, 3.8) is 0 Å². The topological polar surface area (TPSA) is 23.5 Å². The smallest absolute Gasteiger partial charge is 0.0695 e. The molecule has 1 fully saturated rings. The predicted octanol–water partition coefficient (Wildman–Crippen LogP) is 3.26. The molecule has 2 atom stereocenters. The minimum atomic E-state index is -0.133. The van der Waals surface area contributed by atoms with Crippen LogP contribution in [0.5, 0.6) is 0 Å². The van der Waals surface area contributed by atoms with Gasteiger partial charge in [0.25, 0.3) is 0 Å². The summed E-state index contributed by atoms with van der Waals surface area (Å²) >= 11 is 1.81. The molecule has 0 saturated heterocycles. The number of aliphatic hydroxyl groups is 1. The molecule has 2 rings (SSSR count). The summed E-state index contributed by atoms with van der Waals surface area (Å²) < 4.78 is 0. The Morgan fingerprint density at radius 2 is 2.18 bits per heavy atom. The van der Waals surface area contributed by atoms with Crippen molar-refractivity contribution in [1.82, 2.24) is 4.90 Å². The zero-order valence-corrected chi connectivity index (χ0v) is 11.6. The molecular formula is C14H23NOS. The summed E-state index contributed by atoms with van der Waals surface area (Å²) in [5, 5.41) is 12.3. The number of thiophene rings is 1. The summed E-state index contributed by atoms with van der Waals surface area (Å²) in [6.07, 6.45) is 4.42. The maximum absolute atomic E-state index is 10.2. The van der Waals surface area contributed by atoms with E-state index in [4.69, 9.17) is 0 Å². The molecule has 3 heteroatoms. The van der Waals surface area contributed by atoms with Crippen LogP contribution in [0.25, 0.3) is 0 Å². The molecule has 0 aliphatic heterocycles. The Morgan fingerprint density at radius 1 is 1.41 bits per heavy atom. The molecular weight excluding hydrogens is 230 g/mol. The fourth-order valence-electron chi connectivity index (χ4n) is 2.74. The predicted molar refractivity (Wildman–Crippen MR) is 73.3 cm³/mol. The molecule has 0 amide bonds. The lowest BCUT2D eigenvalue weighted by Crippen LogP contribution is -2.48. The lowest BCUT2D eigenvalue weighted by molar-refractivity contribution is 0.000893. The standard InChI is InChI=1S/C14H23NOS/c1-11(2)15(10-12-6-5-9-17-12)13-7-3-4-8-14(13)16/h5-6,9,11,13-14,16H,3-4,7-8,10H2,1-2H3. The molecule has 0 aromatic carbocycles. The highest BCUT2D eigenvalue weighted by molar-refractivity contribution is 7.09. The van der Waals surface area contributed by atoms with Crippen LogP contribution in [0.2, 0.25) is 0 Å². The Labute approximate surface area is 108 Å². The lowest BCUT2D eigenvalue weighted by atomic mass is 9.90. The fourth-order valence-corrected chi connectivity index (χ4v) is 3.46. The second-order valence-electron chi connectivity index (χ2n) is 5.26. The van der Waals surface area contributed by atoms with Gasteiger partial charge in [0.1, 0.15) is 0 Å². The molecule has 1 aliphatic carbocycles. The molecule has 0 spiro atoms. The molecule has 2 unspecified atom stereocenters. The fraction of sp³-hybridized carbons (Fsp3) is 0.714. The van der Waals surface area contributed by atoms with Gasteiger partial charge in [0.2, 0.25) is 0 Å². The Morgan fingerprint density at radius 3 is 2.76 bits per heavy atom. The summed E-state index contributed by atoms with van der Waals surface area (Å²) in [6, 6.07) is 5.14. The van der Waals surface area contributed by atoms with E-state index in [9.17, 15) is 5.11 Å². The van der Waals surface area contributed by atoms with Gasteiger partial charge in [-0.3, -0.25) is 4.90 Å². The number of nitrogens with zero attached hydrogens (tertiary/aromatic N) is 1. The van der Waals surface area contributed by atoms with Crippen molar-refractivity contribution in [2.75, 3.05) is 0 Å². The van der Waals surface area contributed by atoms with Crippen molar-refractivity contribution in [2.24, 2.45) is 0 Å². The maximum Gasteiger partial charge on any atom is 0.0695 e. The zero-order valence-electron chi connectivity index (χ0n) is 10.8. The highest BCUT2D eigenvalue weighted by Crippen LogP contribution is 2.27. The molecule has 0 radical (unpaired) electrons. The van der Waals surface area contributed by atoms with E-state index in [1.165, 1.54) is 17.7 Å². The number of hydrogen-bond acceptors (Lipinski definition) is 3. The Bertz CT molecular complexity index is 323. The number of hydrogen-bond donors (Lipinski definition) is 1. The van der Waals surface area contributed by atoms with Crippen LogP contribution in [0.3, 0.4) is 0 Å². The van der Waals surface area contributed by atoms with E-state index in [1.807, 2.05) is 11.3 Å². The van der Waals surface area contributed by atoms with Crippen molar-refractivity contribution in [3.8, 4) is 0 Å². The van der Waals surface area contributed by atoms with Gasteiger partial charge in [-0.25, -0.2) is 0 Å². The lowest BCUT2D eigenvalue weighted by Gasteiger charge is -2.40. The van der Waals surface area contributed by atoms with Crippen LogP contribution in [-0.4, -0.2) is 28.2 Å². The van der Waals surface area contributed by atoms with Crippen LogP contribution < -0.4 is 0 Å². The molecule has 17 heavy (non-hydrogen) atoms. The second kappa shape index (κ2) is 5.98. The minimum Gasteiger partial charge on any atom is -0.391 e. The van der Waals surface area contributed by atoms with Crippen LogP contribution in [0, 0.1) is 0 Å². The van der Waals surface area contributed by atoms with Crippen LogP contribution >= 0.6 is 11.3 Å². The third kappa shape index (κ3) is 3.30. The van der Waals surface area contributed by atoms with Gasteiger partial charge in [-0.1, -0.05) is 18.9 Å². The first-order valence-electron chi connectivity index (χ1n) is 6.64. The SMILES string of the molecule is CC(C)N(Cc1cccs1)C1CCCCC1O. The molecule has 1 aliphatic rings. The van der Waals surface area contributed by atoms with E-state index >= 15 is 0 Å². The Kier molecular flexibility index (Phi) is 4.60. The molecule has 1 saturated carbocycles. The van der Waals surface area contributed by atoms with Crippen molar-refractivity contribution in [1.29, 1.82) is 0 Å². The summed E-state index contributed by atoms with van der Waals surface area (Å²) in [4.78, 5) is 3.87. The number of rotatable bonds is 4. The molecule has 2 nitrogen and oxygen atoms in total. The van der Waals surface area contributed by atoms with Crippen molar-refractivity contribution in [3.05, 3.63) is 22.4 Å². The average Bonchev–Trinajstić information content (AvgIpc) is 2.79. The first kappa shape index (κ1) is 13.1. The molecule has 1 aromatic heterocycles. The summed E-state index contributed by atoms with van der Waals surface area (Å²) in [5.74, 6) is 0. The molecule has 1 aromatic rings. The van der Waals surface area contributed by atoms with E-state index in [1.54, 1.807) is 0 Å². The third-order valence-electron chi connectivity index (χ3n) is 3.70. The highest BCUT2D eigenvalue weighted by atomic mass is 32.1. The molecule has 96 valence electrons. The van der Waals surface area contributed by atoms with Crippen LogP contribution in [0.4, 0.5) is 0 Å². The summed E-state index contributed by atoms with van der Waals surface area (Å²) in [5.41, 5.74) is 0. The van der Waals surface area contributed by atoms with Gasteiger partial charge in [-0.15, -0.1) is 11.3 Å². The number of aliphatic hydroxyl groups excluding tert-OH is 1. The van der Waals surface area contributed by atoms with E-state index in [0.717, 1.165) is 19.4 Å². The van der Waals surface area contributed by atoms with Gasteiger partial charge in [0, 0.05) is 23.5 Å². The average molecular weight is 253 g/mol. The monoisotopic (exact) mass is 253 g/mol. The van der Waals surface area contributed by atoms with E-state index in [2.05, 4.69) is 36.3 Å². The summed E-state index contributed by atoms with van der Waals surface area (Å²) in [6.45, 7) is 5.45. The second-order valence-corrected chi connectivity index (χ2v) is 6.30. The van der Waals surface area contributed by atoms with Crippen molar-refractivity contribution >= 4 is 11.3 Å². The normalized spacial score (nSPS) is 25.7. The molecule has 1 N–H and O–H groups in total. The zero-order chi connectivity index (χ0) is 12.3. The van der Waals surface area contributed by atoms with E-state index in [-0.39, 0.29) is 6.10 Å². The Balaban J connectivity index is 2.05. The van der Waals surface area contributed by atoms with Crippen molar-refractivity contribution < 1.29 is 5.11 Å². The van der Waals surface area contributed by atoms with E-state index < -0.39 is 0 Å². The third-order valence-corrected chi connectivity index (χ3v) is 4.56. The van der Waals surface area contributed by atoms with Gasteiger partial charge in [0.05, 0.1) is 6.10 Å².